The minimum absolute atomic E-state index is 0.312. The van der Waals surface area contributed by atoms with Gasteiger partial charge in [0, 0.05) is 10.9 Å². The van der Waals surface area contributed by atoms with Gasteiger partial charge >= 0.3 is 5.97 Å². The van der Waals surface area contributed by atoms with E-state index in [-0.39, 0.29) is 11.5 Å². The van der Waals surface area contributed by atoms with Gasteiger partial charge in [0.2, 0.25) is 0 Å². The van der Waals surface area contributed by atoms with Crippen LogP contribution in [0.3, 0.4) is 0 Å². The highest BCUT2D eigenvalue weighted by Crippen LogP contribution is 2.34. The molecule has 0 bridgehead atoms. The third kappa shape index (κ3) is 3.08. The first kappa shape index (κ1) is 14.3. The summed E-state index contributed by atoms with van der Waals surface area (Å²) in [7, 11) is -3.38. The number of carboxylic acids is 1. The van der Waals surface area contributed by atoms with E-state index in [1.54, 1.807) is 24.3 Å². The number of aliphatic hydroxyl groups excluding tert-OH is 1. The molecule has 0 saturated carbocycles. The lowest BCUT2D eigenvalue weighted by Gasteiger charge is -2.21. The zero-order valence-corrected chi connectivity index (χ0v) is 11.4. The van der Waals surface area contributed by atoms with Crippen LogP contribution in [-0.2, 0) is 14.6 Å². The lowest BCUT2D eigenvalue weighted by atomic mass is 9.84. The second-order valence-corrected chi connectivity index (χ2v) is 7.27. The van der Waals surface area contributed by atoms with Gasteiger partial charge in [-0.15, -0.1) is 0 Å². The van der Waals surface area contributed by atoms with E-state index in [1.165, 1.54) is 0 Å². The Hall–Kier alpha value is -1.11. The molecule has 0 spiro atoms. The monoisotopic (exact) mass is 304 g/mol. The summed E-state index contributed by atoms with van der Waals surface area (Å²) in [5.41, 5.74) is 0.443. The molecule has 1 aliphatic heterocycles. The van der Waals surface area contributed by atoms with Gasteiger partial charge in [0.05, 0.1) is 23.5 Å². The maximum Gasteiger partial charge on any atom is 0.311 e. The quantitative estimate of drug-likeness (QED) is 0.866. The Morgan fingerprint density at radius 1 is 1.26 bits per heavy atom. The normalized spacial score (nSPS) is 27.1. The van der Waals surface area contributed by atoms with Crippen molar-refractivity contribution in [3.63, 3.8) is 0 Å². The maximum atomic E-state index is 11.5. The van der Waals surface area contributed by atoms with Crippen LogP contribution >= 0.6 is 11.6 Å². The summed E-state index contributed by atoms with van der Waals surface area (Å²) in [4.78, 5) is 11.4. The molecule has 1 fully saturated rings. The molecule has 0 aliphatic carbocycles. The van der Waals surface area contributed by atoms with Crippen LogP contribution in [0.1, 0.15) is 11.5 Å². The maximum absolute atomic E-state index is 11.5. The molecule has 1 aliphatic rings. The number of aliphatic hydroxyl groups is 1. The van der Waals surface area contributed by atoms with Crippen LogP contribution < -0.4 is 0 Å². The predicted molar refractivity (Wildman–Crippen MR) is 70.0 cm³/mol. The number of rotatable bonds is 3. The van der Waals surface area contributed by atoms with Gasteiger partial charge in [-0.2, -0.15) is 0 Å². The molecule has 104 valence electrons. The van der Waals surface area contributed by atoms with Crippen LogP contribution in [0.2, 0.25) is 5.02 Å². The second kappa shape index (κ2) is 5.11. The van der Waals surface area contributed by atoms with Gasteiger partial charge in [0.25, 0.3) is 0 Å². The highest BCUT2D eigenvalue weighted by atomic mass is 35.5. The number of halogens is 1. The van der Waals surface area contributed by atoms with Gasteiger partial charge in [0.15, 0.2) is 9.84 Å². The van der Waals surface area contributed by atoms with Crippen LogP contribution in [0.15, 0.2) is 24.3 Å². The highest BCUT2D eigenvalue weighted by Gasteiger charge is 2.44. The molecule has 2 rings (SSSR count). The Labute approximate surface area is 115 Å². The van der Waals surface area contributed by atoms with E-state index >= 15 is 0 Å². The van der Waals surface area contributed by atoms with Crippen molar-refractivity contribution in [3.05, 3.63) is 34.9 Å². The predicted octanol–water partition coefficient (Wildman–Crippen LogP) is 0.914. The molecule has 0 radical (unpaired) electrons. The van der Waals surface area contributed by atoms with E-state index < -0.39 is 33.7 Å². The Bertz CT molecular complexity index is 581. The molecular formula is C12H13ClO5S. The molecule has 19 heavy (non-hydrogen) atoms. The summed E-state index contributed by atoms with van der Waals surface area (Å²) >= 11 is 5.74. The van der Waals surface area contributed by atoms with Crippen LogP contribution in [0.25, 0.3) is 0 Å². The molecule has 3 atom stereocenters. The van der Waals surface area contributed by atoms with E-state index in [4.69, 9.17) is 11.6 Å². The summed E-state index contributed by atoms with van der Waals surface area (Å²) in [5.74, 6) is -3.72. The van der Waals surface area contributed by atoms with Gasteiger partial charge in [0.1, 0.15) is 0 Å². The summed E-state index contributed by atoms with van der Waals surface area (Å²) in [6.45, 7) is 0. The molecular weight excluding hydrogens is 292 g/mol. The highest BCUT2D eigenvalue weighted by molar-refractivity contribution is 7.91. The lowest BCUT2D eigenvalue weighted by molar-refractivity contribution is -0.140. The number of sulfone groups is 1. The fourth-order valence-electron chi connectivity index (χ4n) is 2.42. The lowest BCUT2D eigenvalue weighted by Crippen LogP contribution is -2.30. The van der Waals surface area contributed by atoms with E-state index in [1.807, 2.05) is 0 Å². The molecule has 0 amide bonds. The smallest absolute Gasteiger partial charge is 0.311 e. The first-order valence-corrected chi connectivity index (χ1v) is 7.87. The first-order chi connectivity index (χ1) is 8.80. The van der Waals surface area contributed by atoms with Gasteiger partial charge in [-0.25, -0.2) is 8.42 Å². The van der Waals surface area contributed by atoms with Crippen molar-refractivity contribution >= 4 is 27.4 Å². The number of carboxylic acid groups (broad SMARTS) is 1. The third-order valence-corrected chi connectivity index (χ3v) is 5.28. The average molecular weight is 305 g/mol. The molecule has 5 nitrogen and oxygen atoms in total. The van der Waals surface area contributed by atoms with Gasteiger partial charge < -0.3 is 10.2 Å². The van der Waals surface area contributed by atoms with Crippen LogP contribution in [-0.4, -0.2) is 42.2 Å². The second-order valence-electron chi connectivity index (χ2n) is 4.68. The standard InChI is InChI=1S/C12H13ClO5S/c13-8-3-1-7(2-4-8)11(12(15)16)9-5-19(17,18)6-10(9)14/h1-4,9-11,14H,5-6H2,(H,15,16). The molecule has 3 unspecified atom stereocenters. The number of carbonyl (C=O) groups is 1. The van der Waals surface area contributed by atoms with E-state index in [2.05, 4.69) is 0 Å². The number of hydrogen-bond donors (Lipinski definition) is 2. The van der Waals surface area contributed by atoms with Crippen molar-refractivity contribution in [2.24, 2.45) is 5.92 Å². The molecule has 2 N–H and O–H groups in total. The van der Waals surface area contributed by atoms with Gasteiger partial charge in [-0.05, 0) is 17.7 Å². The Balaban J connectivity index is 2.36. The summed E-state index contributed by atoms with van der Waals surface area (Å²) in [6, 6.07) is 6.17. The van der Waals surface area contributed by atoms with Crippen molar-refractivity contribution in [2.75, 3.05) is 11.5 Å². The number of hydrogen-bond acceptors (Lipinski definition) is 4. The zero-order valence-electron chi connectivity index (χ0n) is 9.86. The molecule has 1 aromatic rings. The van der Waals surface area contributed by atoms with Crippen LogP contribution in [0.4, 0.5) is 0 Å². The summed E-state index contributed by atoms with van der Waals surface area (Å²) in [6.07, 6.45) is -1.15. The Morgan fingerprint density at radius 2 is 1.84 bits per heavy atom. The van der Waals surface area contributed by atoms with E-state index in [0.717, 1.165) is 0 Å². The van der Waals surface area contributed by atoms with Gasteiger partial charge in [-0.3, -0.25) is 4.79 Å². The fraction of sp³-hybridized carbons (Fsp3) is 0.417. The van der Waals surface area contributed by atoms with Crippen molar-refractivity contribution < 1.29 is 23.4 Å². The molecule has 7 heteroatoms. The van der Waals surface area contributed by atoms with Crippen LogP contribution in [0.5, 0.6) is 0 Å². The fourth-order valence-corrected chi connectivity index (χ4v) is 4.45. The van der Waals surface area contributed by atoms with E-state index in [0.29, 0.717) is 10.6 Å². The molecule has 1 saturated heterocycles. The summed E-state index contributed by atoms with van der Waals surface area (Å²) in [5, 5.41) is 19.6. The van der Waals surface area contributed by atoms with Crippen molar-refractivity contribution in [2.45, 2.75) is 12.0 Å². The van der Waals surface area contributed by atoms with E-state index in [9.17, 15) is 23.4 Å². The minimum atomic E-state index is -3.38. The van der Waals surface area contributed by atoms with Gasteiger partial charge in [-0.1, -0.05) is 23.7 Å². The molecule has 0 aromatic heterocycles. The molecule has 1 heterocycles. The van der Waals surface area contributed by atoms with Crippen molar-refractivity contribution in [1.29, 1.82) is 0 Å². The van der Waals surface area contributed by atoms with Crippen molar-refractivity contribution in [1.82, 2.24) is 0 Å². The SMILES string of the molecule is O=C(O)C(c1ccc(Cl)cc1)C1CS(=O)(=O)CC1O. The first-order valence-electron chi connectivity index (χ1n) is 5.67. The zero-order chi connectivity index (χ0) is 14.2. The summed E-state index contributed by atoms with van der Waals surface area (Å²) < 4.78 is 23.0. The van der Waals surface area contributed by atoms with Crippen molar-refractivity contribution in [3.8, 4) is 0 Å². The number of aliphatic carboxylic acids is 1. The van der Waals surface area contributed by atoms with Crippen LogP contribution in [0, 0.1) is 5.92 Å². The largest absolute Gasteiger partial charge is 0.481 e. The Morgan fingerprint density at radius 3 is 2.26 bits per heavy atom. The number of benzene rings is 1. The topological polar surface area (TPSA) is 91.7 Å². The molecule has 1 aromatic carbocycles. The third-order valence-electron chi connectivity index (χ3n) is 3.29. The minimum Gasteiger partial charge on any atom is -0.481 e. The Kier molecular flexibility index (Phi) is 3.85. The average Bonchev–Trinajstić information content (AvgIpc) is 2.55.